The maximum absolute atomic E-state index is 13.5. The highest BCUT2D eigenvalue weighted by Crippen LogP contribution is 2.24. The van der Waals surface area contributed by atoms with Gasteiger partial charge in [-0.3, -0.25) is 9.59 Å². The average molecular weight is 364 g/mol. The SMILES string of the molecule is Cl.NCCNC(=O)C1CCCN(C(=O)c2cccc(F)c2Cl)C1. The summed E-state index contributed by atoms with van der Waals surface area (Å²) in [6.45, 7) is 1.63. The first-order valence-electron chi connectivity index (χ1n) is 7.25. The number of hydrogen-bond acceptors (Lipinski definition) is 3. The Morgan fingerprint density at radius 2 is 2.17 bits per heavy atom. The fraction of sp³-hybridized carbons (Fsp3) is 0.467. The number of carbonyl (C=O) groups excluding carboxylic acids is 2. The van der Waals surface area contributed by atoms with E-state index < -0.39 is 5.82 Å². The van der Waals surface area contributed by atoms with Crippen molar-refractivity contribution in [2.24, 2.45) is 11.7 Å². The molecule has 1 aromatic rings. The Kier molecular flexibility index (Phi) is 7.75. The van der Waals surface area contributed by atoms with Crippen molar-refractivity contribution in [3.8, 4) is 0 Å². The molecule has 1 aromatic carbocycles. The molecule has 8 heteroatoms. The lowest BCUT2D eigenvalue weighted by Crippen LogP contribution is -2.46. The number of carbonyl (C=O) groups is 2. The van der Waals surface area contributed by atoms with Crippen LogP contribution in [-0.2, 0) is 4.79 Å². The van der Waals surface area contributed by atoms with Crippen LogP contribution in [0.15, 0.2) is 18.2 Å². The zero-order valence-corrected chi connectivity index (χ0v) is 14.1. The van der Waals surface area contributed by atoms with Gasteiger partial charge in [0.1, 0.15) is 5.82 Å². The van der Waals surface area contributed by atoms with E-state index in [1.165, 1.54) is 18.2 Å². The lowest BCUT2D eigenvalue weighted by atomic mass is 9.96. The van der Waals surface area contributed by atoms with Gasteiger partial charge in [0.15, 0.2) is 0 Å². The summed E-state index contributed by atoms with van der Waals surface area (Å²) in [6.07, 6.45) is 1.44. The largest absolute Gasteiger partial charge is 0.355 e. The van der Waals surface area contributed by atoms with E-state index in [0.29, 0.717) is 26.2 Å². The van der Waals surface area contributed by atoms with Crippen LogP contribution in [0.5, 0.6) is 0 Å². The predicted octanol–water partition coefficient (Wildman–Crippen LogP) is 1.83. The third-order valence-electron chi connectivity index (χ3n) is 3.70. The first-order valence-corrected chi connectivity index (χ1v) is 7.63. The summed E-state index contributed by atoms with van der Waals surface area (Å²) in [4.78, 5) is 26.0. The Hall–Kier alpha value is -1.37. The number of likely N-dealkylation sites (tertiary alicyclic amines) is 1. The molecule has 0 bridgehead atoms. The number of benzene rings is 1. The van der Waals surface area contributed by atoms with Crippen molar-refractivity contribution in [3.63, 3.8) is 0 Å². The van der Waals surface area contributed by atoms with Crippen LogP contribution in [0.4, 0.5) is 4.39 Å². The van der Waals surface area contributed by atoms with Gasteiger partial charge in [-0.1, -0.05) is 17.7 Å². The summed E-state index contributed by atoms with van der Waals surface area (Å²) >= 11 is 5.86. The number of amides is 2. The van der Waals surface area contributed by atoms with E-state index in [-0.39, 0.29) is 40.7 Å². The lowest BCUT2D eigenvalue weighted by Gasteiger charge is -2.32. The van der Waals surface area contributed by atoms with Crippen LogP contribution in [-0.4, -0.2) is 42.9 Å². The molecule has 0 radical (unpaired) electrons. The van der Waals surface area contributed by atoms with Crippen molar-refractivity contribution in [1.29, 1.82) is 0 Å². The van der Waals surface area contributed by atoms with Gasteiger partial charge in [0.25, 0.3) is 5.91 Å². The molecule has 1 unspecified atom stereocenters. The van der Waals surface area contributed by atoms with E-state index in [9.17, 15) is 14.0 Å². The number of piperidine rings is 1. The van der Waals surface area contributed by atoms with Crippen molar-refractivity contribution in [2.45, 2.75) is 12.8 Å². The number of nitrogens with zero attached hydrogens (tertiary/aromatic N) is 1. The van der Waals surface area contributed by atoms with Crippen LogP contribution in [0, 0.1) is 11.7 Å². The van der Waals surface area contributed by atoms with Crippen LogP contribution < -0.4 is 11.1 Å². The second-order valence-corrected chi connectivity index (χ2v) is 5.65. The average Bonchev–Trinajstić information content (AvgIpc) is 2.54. The van der Waals surface area contributed by atoms with Gasteiger partial charge >= 0.3 is 0 Å². The number of rotatable bonds is 4. The minimum absolute atomic E-state index is 0. The zero-order valence-electron chi connectivity index (χ0n) is 12.6. The Labute approximate surface area is 145 Å². The van der Waals surface area contributed by atoms with E-state index in [1.54, 1.807) is 4.90 Å². The molecule has 2 amide bonds. The fourth-order valence-corrected chi connectivity index (χ4v) is 2.76. The van der Waals surface area contributed by atoms with Gasteiger partial charge in [-0.25, -0.2) is 4.39 Å². The minimum atomic E-state index is -0.623. The lowest BCUT2D eigenvalue weighted by molar-refractivity contribution is -0.126. The van der Waals surface area contributed by atoms with Crippen molar-refractivity contribution < 1.29 is 14.0 Å². The van der Waals surface area contributed by atoms with E-state index in [2.05, 4.69) is 5.32 Å². The first kappa shape index (κ1) is 19.7. The predicted molar refractivity (Wildman–Crippen MR) is 89.3 cm³/mol. The Morgan fingerprint density at radius 3 is 2.87 bits per heavy atom. The molecule has 0 aromatic heterocycles. The van der Waals surface area contributed by atoms with Gasteiger partial charge in [0, 0.05) is 26.2 Å². The maximum Gasteiger partial charge on any atom is 0.255 e. The highest BCUT2D eigenvalue weighted by Gasteiger charge is 2.29. The summed E-state index contributed by atoms with van der Waals surface area (Å²) in [7, 11) is 0. The quantitative estimate of drug-likeness (QED) is 0.856. The third-order valence-corrected chi connectivity index (χ3v) is 4.09. The molecule has 1 atom stereocenters. The summed E-state index contributed by atoms with van der Waals surface area (Å²) in [5, 5.41) is 2.56. The van der Waals surface area contributed by atoms with E-state index in [0.717, 1.165) is 12.8 Å². The van der Waals surface area contributed by atoms with Crippen LogP contribution in [0.25, 0.3) is 0 Å². The topological polar surface area (TPSA) is 75.4 Å². The zero-order chi connectivity index (χ0) is 16.1. The summed E-state index contributed by atoms with van der Waals surface area (Å²) in [5.41, 5.74) is 5.49. The first-order chi connectivity index (χ1) is 10.5. The van der Waals surface area contributed by atoms with Crippen LogP contribution in [0.2, 0.25) is 5.02 Å². The van der Waals surface area contributed by atoms with Gasteiger partial charge in [-0.05, 0) is 25.0 Å². The van der Waals surface area contributed by atoms with E-state index in [4.69, 9.17) is 17.3 Å². The van der Waals surface area contributed by atoms with Crippen LogP contribution in [0.1, 0.15) is 23.2 Å². The molecule has 0 aliphatic carbocycles. The normalized spacial score (nSPS) is 17.3. The number of nitrogens with one attached hydrogen (secondary N) is 1. The molecular weight excluding hydrogens is 344 g/mol. The van der Waals surface area contributed by atoms with Crippen LogP contribution in [0.3, 0.4) is 0 Å². The monoisotopic (exact) mass is 363 g/mol. The van der Waals surface area contributed by atoms with Gasteiger partial charge < -0.3 is 16.0 Å². The fourth-order valence-electron chi connectivity index (χ4n) is 2.55. The standard InChI is InChI=1S/C15H19ClFN3O2.ClH/c16-13-11(4-1-5-12(13)17)15(22)20-8-2-3-10(9-20)14(21)19-7-6-18;/h1,4-5,10H,2-3,6-9,18H2,(H,19,21);1H. The minimum Gasteiger partial charge on any atom is -0.355 e. The molecule has 23 heavy (non-hydrogen) atoms. The molecule has 1 heterocycles. The smallest absolute Gasteiger partial charge is 0.255 e. The summed E-state index contributed by atoms with van der Waals surface area (Å²) in [5.74, 6) is -1.34. The molecule has 3 N–H and O–H groups in total. The number of hydrogen-bond donors (Lipinski definition) is 2. The van der Waals surface area contributed by atoms with Crippen molar-refractivity contribution in [2.75, 3.05) is 26.2 Å². The molecule has 0 saturated carbocycles. The van der Waals surface area contributed by atoms with Crippen molar-refractivity contribution >= 4 is 35.8 Å². The highest BCUT2D eigenvalue weighted by molar-refractivity contribution is 6.34. The molecular formula is C15H20Cl2FN3O2. The summed E-state index contributed by atoms with van der Waals surface area (Å²) in [6, 6.07) is 4.15. The summed E-state index contributed by atoms with van der Waals surface area (Å²) < 4.78 is 13.5. The van der Waals surface area contributed by atoms with E-state index >= 15 is 0 Å². The van der Waals surface area contributed by atoms with Gasteiger partial charge in [-0.2, -0.15) is 0 Å². The van der Waals surface area contributed by atoms with Crippen molar-refractivity contribution in [1.82, 2.24) is 10.2 Å². The third kappa shape index (κ3) is 4.80. The Bertz CT molecular complexity index is 572. The molecule has 1 aliphatic heterocycles. The number of nitrogens with two attached hydrogens (primary N) is 1. The van der Waals surface area contributed by atoms with E-state index in [1.807, 2.05) is 0 Å². The molecule has 5 nitrogen and oxygen atoms in total. The molecule has 128 valence electrons. The molecule has 1 aliphatic rings. The number of halogens is 3. The van der Waals surface area contributed by atoms with Gasteiger partial charge in [0.05, 0.1) is 16.5 Å². The second-order valence-electron chi connectivity index (χ2n) is 5.27. The molecule has 2 rings (SSSR count). The van der Waals surface area contributed by atoms with Gasteiger partial charge in [-0.15, -0.1) is 12.4 Å². The van der Waals surface area contributed by atoms with Crippen LogP contribution >= 0.6 is 24.0 Å². The Balaban J connectivity index is 0.00000264. The molecule has 0 spiro atoms. The maximum atomic E-state index is 13.5. The molecule has 1 saturated heterocycles. The van der Waals surface area contributed by atoms with Crippen molar-refractivity contribution in [3.05, 3.63) is 34.6 Å². The van der Waals surface area contributed by atoms with Gasteiger partial charge in [0.2, 0.25) is 5.91 Å². The highest BCUT2D eigenvalue weighted by atomic mass is 35.5. The molecule has 1 fully saturated rings. The second kappa shape index (κ2) is 9.05. The Morgan fingerprint density at radius 1 is 1.43 bits per heavy atom.